The molecule has 1 amide bonds. The number of hydrogen-bond donors (Lipinski definition) is 3. The van der Waals surface area contributed by atoms with E-state index in [0.717, 1.165) is 41.9 Å². The minimum atomic E-state index is -0.525. The number of likely N-dealkylation sites (N-methyl/N-ethyl adjacent to an activating group) is 1. The van der Waals surface area contributed by atoms with Crippen molar-refractivity contribution in [3.8, 4) is 0 Å². The normalized spacial score (nSPS) is 16.1. The zero-order valence-electron chi connectivity index (χ0n) is 16.3. The molecule has 0 spiro atoms. The first kappa shape index (κ1) is 19.7. The molecule has 1 heterocycles. The van der Waals surface area contributed by atoms with E-state index in [9.17, 15) is 4.79 Å². The molecule has 3 aromatic rings. The molecule has 1 atom stereocenters. The highest BCUT2D eigenvalue weighted by molar-refractivity contribution is 6.31. The van der Waals surface area contributed by atoms with Crippen molar-refractivity contribution in [2.45, 2.75) is 25.3 Å². The summed E-state index contributed by atoms with van der Waals surface area (Å²) in [5, 5.41) is 10.6. The van der Waals surface area contributed by atoms with E-state index in [1.807, 2.05) is 18.2 Å². The summed E-state index contributed by atoms with van der Waals surface area (Å²) in [4.78, 5) is 16.9. The van der Waals surface area contributed by atoms with Crippen molar-refractivity contribution in [2.24, 2.45) is 0 Å². The Labute approximate surface area is 174 Å². The van der Waals surface area contributed by atoms with E-state index >= 15 is 0 Å². The van der Waals surface area contributed by atoms with Crippen LogP contribution >= 0.6 is 11.6 Å². The van der Waals surface area contributed by atoms with Crippen molar-refractivity contribution in [1.29, 1.82) is 0 Å². The number of aromatic nitrogens is 1. The third-order valence-corrected chi connectivity index (χ3v) is 5.98. The zero-order chi connectivity index (χ0) is 20.4. The van der Waals surface area contributed by atoms with E-state index in [1.165, 1.54) is 28.2 Å². The van der Waals surface area contributed by atoms with E-state index in [2.05, 4.69) is 41.3 Å². The van der Waals surface area contributed by atoms with Gasteiger partial charge in [0.15, 0.2) is 0 Å². The lowest BCUT2D eigenvalue weighted by molar-refractivity contribution is -0.124. The molecule has 0 saturated heterocycles. The van der Waals surface area contributed by atoms with Gasteiger partial charge in [-0.2, -0.15) is 0 Å². The number of benzene rings is 2. The Morgan fingerprint density at radius 1 is 1.34 bits per heavy atom. The summed E-state index contributed by atoms with van der Waals surface area (Å²) in [6, 6.07) is 12.7. The van der Waals surface area contributed by atoms with E-state index in [-0.39, 0.29) is 0 Å². The summed E-state index contributed by atoms with van der Waals surface area (Å²) < 4.78 is 0. The molecule has 2 aromatic carbocycles. The topological polar surface area (TPSA) is 68.4 Å². The quantitative estimate of drug-likeness (QED) is 0.319. The van der Waals surface area contributed by atoms with Gasteiger partial charge in [0.25, 0.3) is 5.91 Å². The smallest absolute Gasteiger partial charge is 0.267 e. The number of rotatable bonds is 6. The molecule has 29 heavy (non-hydrogen) atoms. The van der Waals surface area contributed by atoms with Crippen LogP contribution in [0.5, 0.6) is 0 Å². The molecule has 5 nitrogen and oxygen atoms in total. The second-order valence-corrected chi connectivity index (χ2v) is 7.99. The van der Waals surface area contributed by atoms with E-state index < -0.39 is 5.91 Å². The summed E-state index contributed by atoms with van der Waals surface area (Å²) in [7, 11) is 2.19. The Morgan fingerprint density at radius 2 is 2.21 bits per heavy atom. The van der Waals surface area contributed by atoms with Crippen LogP contribution in [-0.2, 0) is 17.6 Å². The Bertz CT molecular complexity index is 1070. The lowest BCUT2D eigenvalue weighted by Crippen LogP contribution is -2.25. The largest absolute Gasteiger partial charge is 0.361 e. The van der Waals surface area contributed by atoms with Gasteiger partial charge in [0.2, 0.25) is 0 Å². The van der Waals surface area contributed by atoms with Gasteiger partial charge < -0.3 is 4.98 Å². The number of aryl methyl sites for hydroxylation is 1. The number of amides is 1. The summed E-state index contributed by atoms with van der Waals surface area (Å²) in [6.45, 7) is 0.970. The molecule has 0 aliphatic heterocycles. The maximum Gasteiger partial charge on any atom is 0.267 e. The van der Waals surface area contributed by atoms with Crippen LogP contribution in [0.15, 0.2) is 48.7 Å². The molecular weight excluding hydrogens is 386 g/mol. The van der Waals surface area contributed by atoms with Gasteiger partial charge in [-0.1, -0.05) is 35.9 Å². The first-order valence-electron chi connectivity index (χ1n) is 9.76. The van der Waals surface area contributed by atoms with Gasteiger partial charge in [-0.15, -0.1) is 0 Å². The molecule has 150 valence electrons. The molecule has 1 unspecified atom stereocenters. The van der Waals surface area contributed by atoms with Gasteiger partial charge in [0.1, 0.15) is 0 Å². The fourth-order valence-corrected chi connectivity index (χ4v) is 4.38. The van der Waals surface area contributed by atoms with Crippen LogP contribution in [0.4, 0.5) is 0 Å². The minimum Gasteiger partial charge on any atom is -0.361 e. The Hall–Kier alpha value is -2.60. The monoisotopic (exact) mass is 409 g/mol. The van der Waals surface area contributed by atoms with Crippen molar-refractivity contribution in [3.05, 3.63) is 75.9 Å². The second-order valence-electron chi connectivity index (χ2n) is 7.56. The van der Waals surface area contributed by atoms with Crippen molar-refractivity contribution < 1.29 is 10.0 Å². The molecule has 0 radical (unpaired) electrons. The van der Waals surface area contributed by atoms with E-state index in [0.29, 0.717) is 6.04 Å². The highest BCUT2D eigenvalue weighted by Crippen LogP contribution is 2.36. The molecule has 1 aliphatic carbocycles. The number of halogens is 1. The third kappa shape index (κ3) is 4.22. The van der Waals surface area contributed by atoms with Gasteiger partial charge in [-0.25, -0.2) is 5.48 Å². The van der Waals surface area contributed by atoms with Gasteiger partial charge in [0, 0.05) is 40.8 Å². The molecule has 0 saturated carbocycles. The minimum absolute atomic E-state index is 0.406. The lowest BCUT2D eigenvalue weighted by atomic mass is 10.0. The number of carbonyl (C=O) groups is 1. The van der Waals surface area contributed by atoms with Crippen molar-refractivity contribution >= 4 is 34.5 Å². The molecule has 6 heteroatoms. The van der Waals surface area contributed by atoms with Crippen LogP contribution in [-0.4, -0.2) is 34.6 Å². The maximum absolute atomic E-state index is 11.2. The van der Waals surface area contributed by atoms with Crippen LogP contribution in [0.2, 0.25) is 5.02 Å². The molecular formula is C23H24ClN3O2. The number of hydrogen-bond acceptors (Lipinski definition) is 3. The standard InChI is InChI=1S/C23H24ClN3O2/c1-27(11-10-17-14-25-21-13-18(24)5-7-19(17)21)22-8-4-16-12-15(2-6-20(16)22)3-9-23(28)26-29/h2-3,5-7,9,12-14,22,25,29H,4,8,10-11H2,1H3,(H,26,28)/b9-3+. The van der Waals surface area contributed by atoms with Crippen LogP contribution < -0.4 is 5.48 Å². The number of hydroxylamine groups is 1. The number of nitrogens with one attached hydrogen (secondary N) is 2. The maximum atomic E-state index is 11.2. The number of carbonyl (C=O) groups excluding carboxylic acids is 1. The second kappa shape index (κ2) is 8.41. The number of H-pyrrole nitrogens is 1. The molecule has 4 rings (SSSR count). The first-order chi connectivity index (χ1) is 14.0. The van der Waals surface area contributed by atoms with Crippen molar-refractivity contribution in [1.82, 2.24) is 15.4 Å². The molecule has 1 aliphatic rings. The van der Waals surface area contributed by atoms with Gasteiger partial charge in [-0.05, 0) is 66.8 Å². The van der Waals surface area contributed by atoms with Gasteiger partial charge in [-0.3, -0.25) is 14.9 Å². The third-order valence-electron chi connectivity index (χ3n) is 5.75. The van der Waals surface area contributed by atoms with Crippen LogP contribution in [0.1, 0.15) is 34.7 Å². The van der Waals surface area contributed by atoms with E-state index in [1.54, 1.807) is 11.6 Å². The molecule has 0 bridgehead atoms. The van der Waals surface area contributed by atoms with Crippen LogP contribution in [0.25, 0.3) is 17.0 Å². The average molecular weight is 410 g/mol. The van der Waals surface area contributed by atoms with Crippen molar-refractivity contribution in [3.63, 3.8) is 0 Å². The summed E-state index contributed by atoms with van der Waals surface area (Å²) >= 11 is 6.08. The zero-order valence-corrected chi connectivity index (χ0v) is 17.0. The number of fused-ring (bicyclic) bond motifs is 2. The highest BCUT2D eigenvalue weighted by atomic mass is 35.5. The molecule has 3 N–H and O–H groups in total. The Balaban J connectivity index is 1.43. The number of nitrogens with zero attached hydrogens (tertiary/aromatic N) is 1. The van der Waals surface area contributed by atoms with Crippen LogP contribution in [0.3, 0.4) is 0 Å². The van der Waals surface area contributed by atoms with Gasteiger partial charge in [0.05, 0.1) is 0 Å². The summed E-state index contributed by atoms with van der Waals surface area (Å²) in [5.41, 5.74) is 7.66. The summed E-state index contributed by atoms with van der Waals surface area (Å²) in [5.74, 6) is -0.525. The van der Waals surface area contributed by atoms with E-state index in [4.69, 9.17) is 16.8 Å². The summed E-state index contributed by atoms with van der Waals surface area (Å²) in [6.07, 6.45) is 8.23. The average Bonchev–Trinajstić information content (AvgIpc) is 3.33. The SMILES string of the molecule is CN(CCc1c[nH]c2cc(Cl)ccc12)C1CCc2cc(/C=C/C(=O)NO)ccc21. The predicted octanol–water partition coefficient (Wildman–Crippen LogP) is 4.50. The highest BCUT2D eigenvalue weighted by Gasteiger charge is 2.25. The van der Waals surface area contributed by atoms with Gasteiger partial charge >= 0.3 is 0 Å². The molecule has 0 fully saturated rings. The van der Waals surface area contributed by atoms with Crippen molar-refractivity contribution in [2.75, 3.05) is 13.6 Å². The van der Waals surface area contributed by atoms with Crippen LogP contribution in [0, 0.1) is 0 Å². The molecule has 1 aromatic heterocycles. The Kier molecular flexibility index (Phi) is 5.72. The first-order valence-corrected chi connectivity index (χ1v) is 10.1. The Morgan fingerprint density at radius 3 is 3.03 bits per heavy atom. The number of aromatic amines is 1. The fraction of sp³-hybridized carbons (Fsp3) is 0.261. The predicted molar refractivity (Wildman–Crippen MR) is 116 cm³/mol. The fourth-order valence-electron chi connectivity index (χ4n) is 4.20. The lowest BCUT2D eigenvalue weighted by Gasteiger charge is -2.25.